The molecular formula is C10H17N3S2. The summed E-state index contributed by atoms with van der Waals surface area (Å²) in [6, 6.07) is 0.640. The van der Waals surface area contributed by atoms with E-state index >= 15 is 0 Å². The molecule has 1 heterocycles. The van der Waals surface area contributed by atoms with Crippen LogP contribution >= 0.6 is 23.1 Å². The average Bonchev–Trinajstić information content (AvgIpc) is 2.64. The van der Waals surface area contributed by atoms with Crippen molar-refractivity contribution in [2.45, 2.75) is 47.7 Å². The first-order valence-corrected chi connectivity index (χ1v) is 7.26. The molecule has 0 radical (unpaired) electrons. The van der Waals surface area contributed by atoms with Crippen LogP contribution < -0.4 is 5.32 Å². The highest BCUT2D eigenvalue weighted by Crippen LogP contribution is 2.33. The highest BCUT2D eigenvalue weighted by molar-refractivity contribution is 8.01. The largest absolute Gasteiger partial charge is 0.316 e. The summed E-state index contributed by atoms with van der Waals surface area (Å²) >= 11 is 3.55. The molecule has 0 amide bonds. The Labute approximate surface area is 99.1 Å². The predicted molar refractivity (Wildman–Crippen MR) is 65.5 cm³/mol. The maximum absolute atomic E-state index is 4.11. The second-order valence-corrected chi connectivity index (χ2v) is 6.21. The van der Waals surface area contributed by atoms with Crippen LogP contribution in [-0.4, -0.2) is 28.5 Å². The van der Waals surface area contributed by atoms with Crippen molar-refractivity contribution in [3.63, 3.8) is 0 Å². The second kappa shape index (κ2) is 5.82. The van der Waals surface area contributed by atoms with Crippen molar-refractivity contribution in [3.05, 3.63) is 5.51 Å². The van der Waals surface area contributed by atoms with Gasteiger partial charge >= 0.3 is 0 Å². The van der Waals surface area contributed by atoms with E-state index in [4.69, 9.17) is 0 Å². The van der Waals surface area contributed by atoms with Crippen LogP contribution in [0.25, 0.3) is 0 Å². The number of nitrogens with zero attached hydrogens (tertiary/aromatic N) is 2. The van der Waals surface area contributed by atoms with Gasteiger partial charge in [-0.15, -0.1) is 10.2 Å². The third-order valence-corrected chi connectivity index (χ3v) is 5.13. The molecule has 15 heavy (non-hydrogen) atoms. The fraction of sp³-hybridized carbons (Fsp3) is 0.800. The smallest absolute Gasteiger partial charge is 0.174 e. The Morgan fingerprint density at radius 1 is 1.40 bits per heavy atom. The van der Waals surface area contributed by atoms with Gasteiger partial charge in [-0.05, 0) is 19.9 Å². The van der Waals surface area contributed by atoms with Gasteiger partial charge in [0.1, 0.15) is 5.51 Å². The van der Waals surface area contributed by atoms with Gasteiger partial charge in [-0.2, -0.15) is 0 Å². The Bertz CT molecular complexity index is 276. The third-order valence-electron chi connectivity index (χ3n) is 2.92. The maximum atomic E-state index is 4.11. The molecule has 2 rings (SSSR count). The molecule has 1 aromatic heterocycles. The van der Waals surface area contributed by atoms with E-state index < -0.39 is 0 Å². The fourth-order valence-electron chi connectivity index (χ4n) is 2.09. The summed E-state index contributed by atoms with van der Waals surface area (Å²) in [6.07, 6.45) is 6.70. The number of rotatable bonds is 3. The molecule has 1 N–H and O–H groups in total. The number of hydrogen-bond donors (Lipinski definition) is 1. The SMILES string of the molecule is CNC1CCCCCC1Sc1nncs1. The van der Waals surface area contributed by atoms with Gasteiger partial charge in [0.15, 0.2) is 4.34 Å². The van der Waals surface area contributed by atoms with E-state index in [0.29, 0.717) is 11.3 Å². The van der Waals surface area contributed by atoms with E-state index in [1.165, 1.54) is 32.1 Å². The molecule has 5 heteroatoms. The van der Waals surface area contributed by atoms with Crippen molar-refractivity contribution in [2.24, 2.45) is 0 Å². The van der Waals surface area contributed by atoms with Gasteiger partial charge in [-0.1, -0.05) is 42.4 Å². The van der Waals surface area contributed by atoms with Gasteiger partial charge in [0.05, 0.1) is 0 Å². The Balaban J connectivity index is 1.97. The van der Waals surface area contributed by atoms with Gasteiger partial charge < -0.3 is 5.32 Å². The number of thioether (sulfide) groups is 1. The summed E-state index contributed by atoms with van der Waals surface area (Å²) < 4.78 is 1.11. The van der Waals surface area contributed by atoms with Gasteiger partial charge in [0.25, 0.3) is 0 Å². The molecule has 1 aliphatic rings. The lowest BCUT2D eigenvalue weighted by atomic mass is 10.1. The summed E-state index contributed by atoms with van der Waals surface area (Å²) in [4.78, 5) is 0. The van der Waals surface area contributed by atoms with Gasteiger partial charge in [-0.25, -0.2) is 0 Å². The number of aromatic nitrogens is 2. The second-order valence-electron chi connectivity index (χ2n) is 3.89. The molecule has 84 valence electrons. The van der Waals surface area contributed by atoms with Crippen LogP contribution in [0.4, 0.5) is 0 Å². The molecular weight excluding hydrogens is 226 g/mol. The molecule has 0 aliphatic heterocycles. The summed E-state index contributed by atoms with van der Waals surface area (Å²) in [6.45, 7) is 0. The monoisotopic (exact) mass is 243 g/mol. The van der Waals surface area contributed by atoms with Crippen molar-refractivity contribution in [1.29, 1.82) is 0 Å². The minimum absolute atomic E-state index is 0.640. The number of nitrogens with one attached hydrogen (secondary N) is 1. The third kappa shape index (κ3) is 3.16. The normalized spacial score (nSPS) is 27.5. The zero-order valence-electron chi connectivity index (χ0n) is 8.98. The molecule has 0 aromatic carbocycles. The zero-order valence-corrected chi connectivity index (χ0v) is 10.6. The highest BCUT2D eigenvalue weighted by atomic mass is 32.2. The molecule has 2 atom stereocenters. The van der Waals surface area contributed by atoms with Crippen LogP contribution in [0.1, 0.15) is 32.1 Å². The van der Waals surface area contributed by atoms with Crippen LogP contribution in [0.3, 0.4) is 0 Å². The van der Waals surface area contributed by atoms with E-state index in [-0.39, 0.29) is 0 Å². The van der Waals surface area contributed by atoms with Crippen molar-refractivity contribution in [3.8, 4) is 0 Å². The van der Waals surface area contributed by atoms with Crippen molar-refractivity contribution < 1.29 is 0 Å². The van der Waals surface area contributed by atoms with Crippen molar-refractivity contribution in [1.82, 2.24) is 15.5 Å². The summed E-state index contributed by atoms with van der Waals surface area (Å²) in [5.74, 6) is 0. The van der Waals surface area contributed by atoms with E-state index in [0.717, 1.165) is 4.34 Å². The lowest BCUT2D eigenvalue weighted by Crippen LogP contribution is -2.34. The Hall–Kier alpha value is -0.130. The minimum Gasteiger partial charge on any atom is -0.316 e. The summed E-state index contributed by atoms with van der Waals surface area (Å²) in [5, 5.41) is 12.1. The van der Waals surface area contributed by atoms with Crippen molar-refractivity contribution in [2.75, 3.05) is 7.05 Å². The van der Waals surface area contributed by atoms with Gasteiger partial charge in [0.2, 0.25) is 0 Å². The van der Waals surface area contributed by atoms with Gasteiger partial charge in [-0.3, -0.25) is 0 Å². The standard InChI is InChI=1S/C10H17N3S2/c1-11-8-5-3-2-4-6-9(8)15-10-13-12-7-14-10/h7-9,11H,2-6H2,1H3. The van der Waals surface area contributed by atoms with E-state index in [1.807, 2.05) is 17.3 Å². The lowest BCUT2D eigenvalue weighted by molar-refractivity contribution is 0.510. The van der Waals surface area contributed by atoms with Crippen LogP contribution in [0.15, 0.2) is 9.85 Å². The van der Waals surface area contributed by atoms with Gasteiger partial charge in [0, 0.05) is 11.3 Å². The lowest BCUT2D eigenvalue weighted by Gasteiger charge is -2.22. The molecule has 1 aliphatic carbocycles. The van der Waals surface area contributed by atoms with Crippen LogP contribution in [0.2, 0.25) is 0 Å². The first-order valence-electron chi connectivity index (χ1n) is 5.50. The molecule has 0 saturated heterocycles. The van der Waals surface area contributed by atoms with Crippen LogP contribution in [-0.2, 0) is 0 Å². The van der Waals surface area contributed by atoms with Crippen LogP contribution in [0.5, 0.6) is 0 Å². The molecule has 3 nitrogen and oxygen atoms in total. The Kier molecular flexibility index (Phi) is 4.41. The Morgan fingerprint density at radius 2 is 2.27 bits per heavy atom. The minimum atomic E-state index is 0.640. The van der Waals surface area contributed by atoms with Crippen molar-refractivity contribution >= 4 is 23.1 Å². The zero-order chi connectivity index (χ0) is 10.5. The number of hydrogen-bond acceptors (Lipinski definition) is 5. The molecule has 2 unspecified atom stereocenters. The molecule has 0 bridgehead atoms. The summed E-state index contributed by atoms with van der Waals surface area (Å²) in [7, 11) is 2.07. The molecule has 1 saturated carbocycles. The van der Waals surface area contributed by atoms with Crippen LogP contribution in [0, 0.1) is 0 Å². The topological polar surface area (TPSA) is 37.8 Å². The molecule has 0 spiro atoms. The molecule has 1 aromatic rings. The van der Waals surface area contributed by atoms with E-state index in [2.05, 4.69) is 22.6 Å². The summed E-state index contributed by atoms with van der Waals surface area (Å²) in [5.41, 5.74) is 1.81. The van der Waals surface area contributed by atoms with E-state index in [9.17, 15) is 0 Å². The predicted octanol–water partition coefficient (Wildman–Crippen LogP) is 2.55. The fourth-order valence-corrected chi connectivity index (χ4v) is 4.16. The first-order chi connectivity index (χ1) is 7.40. The first kappa shape index (κ1) is 11.4. The quantitative estimate of drug-likeness (QED) is 0.828. The average molecular weight is 243 g/mol. The molecule has 1 fully saturated rings. The van der Waals surface area contributed by atoms with E-state index in [1.54, 1.807) is 11.3 Å². The Morgan fingerprint density at radius 3 is 3.00 bits per heavy atom. The highest BCUT2D eigenvalue weighted by Gasteiger charge is 2.24. The maximum Gasteiger partial charge on any atom is 0.174 e.